The molecular formula is C20H18N4S. The predicted molar refractivity (Wildman–Crippen MR) is 105 cm³/mol. The van der Waals surface area contributed by atoms with Gasteiger partial charge in [-0.25, -0.2) is 9.98 Å². The maximum absolute atomic E-state index is 4.82. The molecule has 0 saturated carbocycles. The van der Waals surface area contributed by atoms with Crippen molar-refractivity contribution < 1.29 is 0 Å². The van der Waals surface area contributed by atoms with E-state index in [1.165, 1.54) is 5.56 Å². The zero-order valence-corrected chi connectivity index (χ0v) is 14.9. The lowest BCUT2D eigenvalue weighted by atomic mass is 10.0. The molecule has 1 aromatic carbocycles. The summed E-state index contributed by atoms with van der Waals surface area (Å²) in [5, 5.41) is 5.52. The van der Waals surface area contributed by atoms with E-state index in [4.69, 9.17) is 9.98 Å². The molecule has 1 aliphatic rings. The van der Waals surface area contributed by atoms with Crippen molar-refractivity contribution in [3.8, 4) is 0 Å². The van der Waals surface area contributed by atoms with Gasteiger partial charge in [-0.2, -0.15) is 0 Å². The van der Waals surface area contributed by atoms with Gasteiger partial charge in [0.15, 0.2) is 5.84 Å². The van der Waals surface area contributed by atoms with Crippen LogP contribution >= 0.6 is 11.3 Å². The molecule has 4 nitrogen and oxygen atoms in total. The van der Waals surface area contributed by atoms with Crippen LogP contribution in [0.15, 0.2) is 70.2 Å². The molecule has 0 saturated heterocycles. The van der Waals surface area contributed by atoms with Crippen LogP contribution in [-0.2, 0) is 0 Å². The van der Waals surface area contributed by atoms with Gasteiger partial charge < -0.3 is 5.32 Å². The molecule has 25 heavy (non-hydrogen) atoms. The van der Waals surface area contributed by atoms with Crippen LogP contribution in [0.3, 0.4) is 0 Å². The number of hydrogen-bond donors (Lipinski definition) is 1. The van der Waals surface area contributed by atoms with E-state index in [1.54, 1.807) is 23.7 Å². The SMILES string of the molecule is CC(C)c1ccc2c(c1)NC(c1ccncc1)=NC(c1cccs1)=N2. The third-order valence-corrected chi connectivity index (χ3v) is 4.95. The fourth-order valence-electron chi connectivity index (χ4n) is 2.67. The molecule has 0 aliphatic carbocycles. The summed E-state index contributed by atoms with van der Waals surface area (Å²) in [7, 11) is 0. The number of aliphatic imine (C=N–C) groups is 2. The van der Waals surface area contributed by atoms with Gasteiger partial charge in [-0.15, -0.1) is 11.3 Å². The second-order valence-corrected chi connectivity index (χ2v) is 7.11. The van der Waals surface area contributed by atoms with E-state index in [9.17, 15) is 0 Å². The first-order valence-electron chi connectivity index (χ1n) is 8.23. The van der Waals surface area contributed by atoms with Crippen LogP contribution in [0, 0.1) is 0 Å². The molecule has 1 N–H and O–H groups in total. The molecule has 124 valence electrons. The number of hydrogen-bond acceptors (Lipinski definition) is 5. The summed E-state index contributed by atoms with van der Waals surface area (Å²) in [6, 6.07) is 14.3. The number of aromatic nitrogens is 1. The van der Waals surface area contributed by atoms with E-state index in [2.05, 4.69) is 42.3 Å². The van der Waals surface area contributed by atoms with Gasteiger partial charge in [0.1, 0.15) is 5.84 Å². The number of benzene rings is 1. The van der Waals surface area contributed by atoms with Gasteiger partial charge in [0.25, 0.3) is 0 Å². The van der Waals surface area contributed by atoms with Gasteiger partial charge in [0.2, 0.25) is 0 Å². The summed E-state index contributed by atoms with van der Waals surface area (Å²) in [6.45, 7) is 4.38. The summed E-state index contributed by atoms with van der Waals surface area (Å²) in [5.74, 6) is 1.97. The minimum absolute atomic E-state index is 0.456. The zero-order chi connectivity index (χ0) is 17.2. The van der Waals surface area contributed by atoms with Crippen LogP contribution in [0.25, 0.3) is 0 Å². The fraction of sp³-hybridized carbons (Fsp3) is 0.150. The molecule has 5 heteroatoms. The van der Waals surface area contributed by atoms with Crippen molar-refractivity contribution in [2.75, 3.05) is 5.32 Å². The number of rotatable bonds is 3. The van der Waals surface area contributed by atoms with Crippen LogP contribution in [0.5, 0.6) is 0 Å². The first-order chi connectivity index (χ1) is 12.2. The third-order valence-electron chi connectivity index (χ3n) is 4.08. The Labute approximate surface area is 151 Å². The number of fused-ring (bicyclic) bond motifs is 1. The molecule has 1 aliphatic heterocycles. The number of nitrogens with one attached hydrogen (secondary N) is 1. The monoisotopic (exact) mass is 346 g/mol. The predicted octanol–water partition coefficient (Wildman–Crippen LogP) is 5.22. The summed E-state index contributed by atoms with van der Waals surface area (Å²) >= 11 is 1.64. The maximum atomic E-state index is 4.82. The summed E-state index contributed by atoms with van der Waals surface area (Å²) in [6.07, 6.45) is 3.55. The Kier molecular flexibility index (Phi) is 4.15. The molecule has 3 heterocycles. The van der Waals surface area contributed by atoms with Crippen LogP contribution in [0.2, 0.25) is 0 Å². The summed E-state index contributed by atoms with van der Waals surface area (Å²) < 4.78 is 0. The largest absolute Gasteiger partial charge is 0.338 e. The Morgan fingerprint density at radius 3 is 2.56 bits per heavy atom. The number of amidine groups is 2. The van der Waals surface area contributed by atoms with Gasteiger partial charge in [-0.3, -0.25) is 4.98 Å². The van der Waals surface area contributed by atoms with E-state index in [0.29, 0.717) is 5.92 Å². The van der Waals surface area contributed by atoms with Crippen molar-refractivity contribution in [1.82, 2.24) is 4.98 Å². The van der Waals surface area contributed by atoms with Crippen molar-refractivity contribution in [2.45, 2.75) is 19.8 Å². The lowest BCUT2D eigenvalue weighted by Gasteiger charge is -2.12. The number of nitrogens with zero attached hydrogens (tertiary/aromatic N) is 3. The molecule has 3 aromatic rings. The molecule has 0 unspecified atom stereocenters. The number of anilines is 1. The Balaban J connectivity index is 1.87. The van der Waals surface area contributed by atoms with Crippen molar-refractivity contribution in [2.24, 2.45) is 9.98 Å². The normalized spacial score (nSPS) is 13.6. The number of thiophene rings is 1. The highest BCUT2D eigenvalue weighted by Gasteiger charge is 2.16. The quantitative estimate of drug-likeness (QED) is 0.707. The van der Waals surface area contributed by atoms with Crippen LogP contribution in [-0.4, -0.2) is 16.7 Å². The van der Waals surface area contributed by atoms with Crippen LogP contribution in [0.1, 0.15) is 35.8 Å². The van der Waals surface area contributed by atoms with Gasteiger partial charge in [-0.1, -0.05) is 26.0 Å². The van der Waals surface area contributed by atoms with Crippen LogP contribution in [0.4, 0.5) is 11.4 Å². The summed E-state index contributed by atoms with van der Waals surface area (Å²) in [5.41, 5.74) is 4.14. The Morgan fingerprint density at radius 2 is 1.84 bits per heavy atom. The van der Waals surface area contributed by atoms with E-state index < -0.39 is 0 Å². The fourth-order valence-corrected chi connectivity index (χ4v) is 3.33. The molecular weight excluding hydrogens is 328 g/mol. The standard InChI is InChI=1S/C20H18N4S/c1-13(2)15-5-6-16-17(12-15)23-19(14-7-9-21-10-8-14)24-20(22-16)18-4-3-11-25-18/h3-13H,1-2H3,(H,22,23,24). The van der Waals surface area contributed by atoms with Crippen molar-refractivity contribution in [3.05, 3.63) is 76.2 Å². The lowest BCUT2D eigenvalue weighted by molar-refractivity contribution is 0.867. The first kappa shape index (κ1) is 15.7. The van der Waals surface area contributed by atoms with Gasteiger partial charge in [0.05, 0.1) is 16.3 Å². The molecule has 0 amide bonds. The van der Waals surface area contributed by atoms with Gasteiger partial charge >= 0.3 is 0 Å². The molecule has 0 bridgehead atoms. The minimum atomic E-state index is 0.456. The van der Waals surface area contributed by atoms with Gasteiger partial charge in [-0.05, 0) is 47.2 Å². The smallest absolute Gasteiger partial charge is 0.172 e. The molecule has 0 fully saturated rings. The van der Waals surface area contributed by atoms with Crippen molar-refractivity contribution in [1.29, 1.82) is 0 Å². The molecule has 2 aromatic heterocycles. The Bertz CT molecular complexity index is 941. The highest BCUT2D eigenvalue weighted by molar-refractivity contribution is 7.12. The molecule has 4 rings (SSSR count). The third kappa shape index (κ3) is 3.23. The highest BCUT2D eigenvalue weighted by atomic mass is 32.1. The molecule has 0 spiro atoms. The van der Waals surface area contributed by atoms with E-state index in [0.717, 1.165) is 33.5 Å². The van der Waals surface area contributed by atoms with Crippen LogP contribution < -0.4 is 5.32 Å². The van der Waals surface area contributed by atoms with Crippen molar-refractivity contribution >= 4 is 34.4 Å². The maximum Gasteiger partial charge on any atom is 0.172 e. The van der Waals surface area contributed by atoms with E-state index in [-0.39, 0.29) is 0 Å². The lowest BCUT2D eigenvalue weighted by Crippen LogP contribution is -2.15. The average Bonchev–Trinajstić information content (AvgIpc) is 3.09. The highest BCUT2D eigenvalue weighted by Crippen LogP contribution is 2.32. The minimum Gasteiger partial charge on any atom is -0.338 e. The zero-order valence-electron chi connectivity index (χ0n) is 14.1. The number of pyridine rings is 1. The van der Waals surface area contributed by atoms with Crippen molar-refractivity contribution in [3.63, 3.8) is 0 Å². The van der Waals surface area contributed by atoms with E-state index in [1.807, 2.05) is 29.6 Å². The first-order valence-corrected chi connectivity index (χ1v) is 9.11. The Morgan fingerprint density at radius 1 is 1.00 bits per heavy atom. The van der Waals surface area contributed by atoms with Gasteiger partial charge in [0, 0.05) is 18.0 Å². The topological polar surface area (TPSA) is 49.6 Å². The average molecular weight is 346 g/mol. The van der Waals surface area contributed by atoms with E-state index >= 15 is 0 Å². The Hall–Kier alpha value is -2.79. The summed E-state index contributed by atoms with van der Waals surface area (Å²) in [4.78, 5) is 14.8. The molecule has 0 atom stereocenters. The molecule has 0 radical (unpaired) electrons. The second kappa shape index (κ2) is 6.61. The second-order valence-electron chi connectivity index (χ2n) is 6.17.